The molecule has 19 heavy (non-hydrogen) atoms. The quantitative estimate of drug-likeness (QED) is 0.873. The molecule has 0 saturated carbocycles. The standard InChI is InChI=1S/C14H19BrClNO2/c1-14(2,3)12(6-7-18)17-13(19)10-5-4-9(15)8-11(10)16/h4-5,8,12,18H,6-7H2,1-3H3,(H,17,19). The highest BCUT2D eigenvalue weighted by Crippen LogP contribution is 2.24. The number of carbonyl (C=O) groups excluding carboxylic acids is 1. The van der Waals surface area contributed by atoms with Gasteiger partial charge in [-0.3, -0.25) is 4.79 Å². The highest BCUT2D eigenvalue weighted by molar-refractivity contribution is 9.10. The van der Waals surface area contributed by atoms with E-state index in [4.69, 9.17) is 16.7 Å². The van der Waals surface area contributed by atoms with Crippen LogP contribution in [-0.4, -0.2) is 23.7 Å². The number of nitrogens with one attached hydrogen (secondary N) is 1. The first-order valence-electron chi connectivity index (χ1n) is 6.12. The van der Waals surface area contributed by atoms with Crippen LogP contribution in [0.1, 0.15) is 37.6 Å². The second kappa shape index (κ2) is 6.73. The van der Waals surface area contributed by atoms with E-state index in [-0.39, 0.29) is 24.0 Å². The molecule has 1 aromatic carbocycles. The lowest BCUT2D eigenvalue weighted by atomic mass is 9.85. The average Bonchev–Trinajstić information content (AvgIpc) is 2.26. The Morgan fingerprint density at radius 1 is 1.47 bits per heavy atom. The van der Waals surface area contributed by atoms with Gasteiger partial charge in [0.05, 0.1) is 10.6 Å². The monoisotopic (exact) mass is 347 g/mol. The summed E-state index contributed by atoms with van der Waals surface area (Å²) in [4.78, 5) is 12.2. The van der Waals surface area contributed by atoms with Gasteiger partial charge in [0.15, 0.2) is 0 Å². The van der Waals surface area contributed by atoms with Crippen molar-refractivity contribution in [3.05, 3.63) is 33.3 Å². The van der Waals surface area contributed by atoms with Crippen molar-refractivity contribution in [2.75, 3.05) is 6.61 Å². The Kier molecular flexibility index (Phi) is 5.83. The van der Waals surface area contributed by atoms with Crippen molar-refractivity contribution in [1.29, 1.82) is 0 Å². The molecular formula is C14H19BrClNO2. The zero-order chi connectivity index (χ0) is 14.6. The zero-order valence-electron chi connectivity index (χ0n) is 11.3. The summed E-state index contributed by atoms with van der Waals surface area (Å²) in [5.74, 6) is -0.217. The Morgan fingerprint density at radius 2 is 2.11 bits per heavy atom. The summed E-state index contributed by atoms with van der Waals surface area (Å²) < 4.78 is 0.830. The van der Waals surface area contributed by atoms with Crippen LogP contribution >= 0.6 is 27.5 Å². The minimum Gasteiger partial charge on any atom is -0.396 e. The molecule has 1 unspecified atom stereocenters. The Labute approximate surface area is 127 Å². The summed E-state index contributed by atoms with van der Waals surface area (Å²) >= 11 is 9.36. The van der Waals surface area contributed by atoms with Crippen LogP contribution in [0.2, 0.25) is 5.02 Å². The van der Waals surface area contributed by atoms with Crippen LogP contribution < -0.4 is 5.32 Å². The van der Waals surface area contributed by atoms with Gasteiger partial charge in [-0.1, -0.05) is 48.3 Å². The molecule has 0 radical (unpaired) electrons. The molecule has 1 amide bonds. The highest BCUT2D eigenvalue weighted by Gasteiger charge is 2.26. The molecule has 0 aromatic heterocycles. The summed E-state index contributed by atoms with van der Waals surface area (Å²) in [6.07, 6.45) is 0.517. The maximum atomic E-state index is 12.2. The van der Waals surface area contributed by atoms with E-state index in [2.05, 4.69) is 21.2 Å². The predicted molar refractivity (Wildman–Crippen MR) is 81.6 cm³/mol. The van der Waals surface area contributed by atoms with Gasteiger partial charge in [-0.25, -0.2) is 0 Å². The molecule has 0 saturated heterocycles. The van der Waals surface area contributed by atoms with Gasteiger partial charge >= 0.3 is 0 Å². The summed E-state index contributed by atoms with van der Waals surface area (Å²) in [6.45, 7) is 6.11. The first-order chi connectivity index (χ1) is 8.75. The number of hydrogen-bond donors (Lipinski definition) is 2. The van der Waals surface area contributed by atoms with Crippen LogP contribution in [0.25, 0.3) is 0 Å². The normalized spacial score (nSPS) is 13.2. The molecule has 0 aliphatic carbocycles. The lowest BCUT2D eigenvalue weighted by Crippen LogP contribution is -2.44. The molecule has 0 spiro atoms. The van der Waals surface area contributed by atoms with Crippen LogP contribution in [0, 0.1) is 5.41 Å². The van der Waals surface area contributed by atoms with E-state index < -0.39 is 0 Å². The molecule has 0 fully saturated rings. The molecule has 0 aliphatic heterocycles. The number of benzene rings is 1. The molecule has 0 aliphatic rings. The van der Waals surface area contributed by atoms with Crippen molar-refractivity contribution in [3.63, 3.8) is 0 Å². The lowest BCUT2D eigenvalue weighted by Gasteiger charge is -2.31. The van der Waals surface area contributed by atoms with Gasteiger partial charge in [0, 0.05) is 17.1 Å². The first kappa shape index (κ1) is 16.5. The molecule has 1 atom stereocenters. The van der Waals surface area contributed by atoms with Crippen molar-refractivity contribution in [1.82, 2.24) is 5.32 Å². The van der Waals surface area contributed by atoms with Crippen LogP contribution in [0.4, 0.5) is 0 Å². The summed E-state index contributed by atoms with van der Waals surface area (Å²) in [7, 11) is 0. The van der Waals surface area contributed by atoms with E-state index in [1.54, 1.807) is 18.2 Å². The lowest BCUT2D eigenvalue weighted by molar-refractivity contribution is 0.0885. The van der Waals surface area contributed by atoms with E-state index in [9.17, 15) is 4.79 Å². The fraction of sp³-hybridized carbons (Fsp3) is 0.500. The predicted octanol–water partition coefficient (Wildman–Crippen LogP) is 3.63. The third kappa shape index (κ3) is 4.79. The molecule has 1 aromatic rings. The number of aliphatic hydroxyl groups is 1. The van der Waals surface area contributed by atoms with Crippen molar-refractivity contribution >= 4 is 33.4 Å². The van der Waals surface area contributed by atoms with E-state index >= 15 is 0 Å². The van der Waals surface area contributed by atoms with E-state index in [1.165, 1.54) is 0 Å². The number of halogens is 2. The first-order valence-corrected chi connectivity index (χ1v) is 7.29. The van der Waals surface area contributed by atoms with Gasteiger partial charge in [-0.15, -0.1) is 0 Å². The van der Waals surface area contributed by atoms with Crippen LogP contribution in [-0.2, 0) is 0 Å². The van der Waals surface area contributed by atoms with Crippen molar-refractivity contribution < 1.29 is 9.90 Å². The number of amides is 1. The van der Waals surface area contributed by atoms with E-state index in [0.717, 1.165) is 4.47 Å². The Bertz CT molecular complexity index is 457. The summed E-state index contributed by atoms with van der Waals surface area (Å²) in [6, 6.07) is 5.04. The number of carbonyl (C=O) groups is 1. The molecule has 2 N–H and O–H groups in total. The number of hydrogen-bond acceptors (Lipinski definition) is 2. The van der Waals surface area contributed by atoms with Crippen molar-refractivity contribution in [3.8, 4) is 0 Å². The Hall–Kier alpha value is -0.580. The largest absolute Gasteiger partial charge is 0.396 e. The minimum atomic E-state index is -0.217. The topological polar surface area (TPSA) is 49.3 Å². The van der Waals surface area contributed by atoms with Gasteiger partial charge in [-0.05, 0) is 30.0 Å². The van der Waals surface area contributed by atoms with Gasteiger partial charge in [0.2, 0.25) is 0 Å². The van der Waals surface area contributed by atoms with E-state index in [0.29, 0.717) is 17.0 Å². The highest BCUT2D eigenvalue weighted by atomic mass is 79.9. The van der Waals surface area contributed by atoms with E-state index in [1.807, 2.05) is 20.8 Å². The average molecular weight is 349 g/mol. The molecule has 106 valence electrons. The van der Waals surface area contributed by atoms with Gasteiger partial charge in [0.1, 0.15) is 0 Å². The van der Waals surface area contributed by atoms with Crippen LogP contribution in [0.3, 0.4) is 0 Å². The maximum Gasteiger partial charge on any atom is 0.253 e. The fourth-order valence-electron chi connectivity index (χ4n) is 1.76. The Morgan fingerprint density at radius 3 is 2.58 bits per heavy atom. The summed E-state index contributed by atoms with van der Waals surface area (Å²) in [5, 5.41) is 12.4. The maximum absolute atomic E-state index is 12.2. The van der Waals surface area contributed by atoms with Gasteiger partial charge in [-0.2, -0.15) is 0 Å². The molecular weight excluding hydrogens is 330 g/mol. The molecule has 3 nitrogen and oxygen atoms in total. The Balaban J connectivity index is 2.88. The second-order valence-corrected chi connectivity index (χ2v) is 6.85. The molecule has 0 heterocycles. The second-order valence-electron chi connectivity index (χ2n) is 5.53. The van der Waals surface area contributed by atoms with Crippen LogP contribution in [0.5, 0.6) is 0 Å². The fourth-order valence-corrected chi connectivity index (χ4v) is 2.52. The number of rotatable bonds is 4. The third-order valence-corrected chi connectivity index (χ3v) is 3.75. The van der Waals surface area contributed by atoms with Crippen molar-refractivity contribution in [2.45, 2.75) is 33.2 Å². The minimum absolute atomic E-state index is 0.0380. The third-order valence-electron chi connectivity index (χ3n) is 2.94. The number of aliphatic hydroxyl groups excluding tert-OH is 1. The molecule has 0 bridgehead atoms. The van der Waals surface area contributed by atoms with Gasteiger partial charge < -0.3 is 10.4 Å². The van der Waals surface area contributed by atoms with Crippen molar-refractivity contribution in [2.24, 2.45) is 5.41 Å². The van der Waals surface area contributed by atoms with Crippen LogP contribution in [0.15, 0.2) is 22.7 Å². The molecule has 5 heteroatoms. The molecule has 1 rings (SSSR count). The SMILES string of the molecule is CC(C)(C)C(CCO)NC(=O)c1ccc(Br)cc1Cl. The summed E-state index contributed by atoms with van der Waals surface area (Å²) in [5.41, 5.74) is 0.317. The van der Waals surface area contributed by atoms with Gasteiger partial charge in [0.25, 0.3) is 5.91 Å². The smallest absolute Gasteiger partial charge is 0.253 e. The zero-order valence-corrected chi connectivity index (χ0v) is 13.7.